The van der Waals surface area contributed by atoms with Crippen LogP contribution in [0.5, 0.6) is 0 Å². The van der Waals surface area contributed by atoms with Crippen molar-refractivity contribution in [1.29, 1.82) is 0 Å². The van der Waals surface area contributed by atoms with Crippen molar-refractivity contribution in [3.8, 4) is 0 Å². The molecule has 0 aromatic heterocycles. The zero-order chi connectivity index (χ0) is 8.69. The minimum absolute atomic E-state index is 0.103. The van der Waals surface area contributed by atoms with E-state index in [-0.39, 0.29) is 12.2 Å². The van der Waals surface area contributed by atoms with Crippen LogP contribution in [0, 0.1) is 0 Å². The van der Waals surface area contributed by atoms with Crippen LogP contribution < -0.4 is 0 Å². The maximum atomic E-state index is 10.8. The van der Waals surface area contributed by atoms with Crippen LogP contribution >= 0.6 is 0 Å². The van der Waals surface area contributed by atoms with E-state index in [1.165, 1.54) is 6.21 Å². The van der Waals surface area contributed by atoms with Gasteiger partial charge in [0.25, 0.3) is 0 Å². The molecule has 0 saturated carbocycles. The molecule has 3 heteroatoms. The van der Waals surface area contributed by atoms with Gasteiger partial charge in [0.1, 0.15) is 0 Å². The summed E-state index contributed by atoms with van der Waals surface area (Å²) in [6.45, 7) is 4.27. The van der Waals surface area contributed by atoms with Crippen LogP contribution in [-0.2, 0) is 4.79 Å². The molecule has 11 heavy (non-hydrogen) atoms. The van der Waals surface area contributed by atoms with E-state index in [2.05, 4.69) is 4.99 Å². The number of carbonyl (C=O) groups is 1. The molecule has 1 N–H and O–H groups in total. The molecule has 0 rings (SSSR count). The molecule has 0 aliphatic rings. The molecule has 0 aliphatic carbocycles. The molecular weight excluding hydrogens is 142 g/mol. The highest BCUT2D eigenvalue weighted by Crippen LogP contribution is 1.89. The summed E-state index contributed by atoms with van der Waals surface area (Å²) in [7, 11) is 0. The highest BCUT2D eigenvalue weighted by molar-refractivity contribution is 6.27. The number of ketones is 1. The number of aliphatic hydroxyl groups is 1. The predicted molar refractivity (Wildman–Crippen MR) is 45.0 cm³/mol. The third kappa shape index (κ3) is 7.19. The Morgan fingerprint density at radius 2 is 2.36 bits per heavy atom. The number of aliphatic hydroxyl groups excluding tert-OH is 1. The fourth-order valence-electron chi connectivity index (χ4n) is 0.639. The highest BCUT2D eigenvalue weighted by atomic mass is 16.3. The standard InChI is InChI=1S/C8H15NO2/c1-3-4-9-6-8(11)5-7(2)10/h6-7,10H,3-5H2,1-2H3. The minimum atomic E-state index is -0.560. The summed E-state index contributed by atoms with van der Waals surface area (Å²) in [5.74, 6) is -0.103. The Morgan fingerprint density at radius 3 is 2.82 bits per heavy atom. The topological polar surface area (TPSA) is 49.7 Å². The molecule has 0 radical (unpaired) electrons. The van der Waals surface area contributed by atoms with Crippen molar-refractivity contribution in [2.75, 3.05) is 6.54 Å². The molecule has 0 heterocycles. The molecule has 64 valence electrons. The van der Waals surface area contributed by atoms with Crippen LogP contribution in [0.25, 0.3) is 0 Å². The van der Waals surface area contributed by atoms with Crippen molar-refractivity contribution in [1.82, 2.24) is 0 Å². The monoisotopic (exact) mass is 157 g/mol. The first-order chi connectivity index (χ1) is 5.16. The van der Waals surface area contributed by atoms with Gasteiger partial charge in [-0.25, -0.2) is 0 Å². The summed E-state index contributed by atoms with van der Waals surface area (Å²) in [4.78, 5) is 14.7. The van der Waals surface area contributed by atoms with E-state index in [9.17, 15) is 4.79 Å². The van der Waals surface area contributed by atoms with Gasteiger partial charge in [0, 0.05) is 13.0 Å². The van der Waals surface area contributed by atoms with E-state index in [0.717, 1.165) is 6.42 Å². The molecule has 0 amide bonds. The van der Waals surface area contributed by atoms with Crippen molar-refractivity contribution in [3.63, 3.8) is 0 Å². The molecule has 0 aromatic carbocycles. The first-order valence-corrected chi connectivity index (χ1v) is 3.87. The second-order valence-electron chi connectivity index (χ2n) is 2.55. The maximum absolute atomic E-state index is 10.8. The quantitative estimate of drug-likeness (QED) is 0.600. The van der Waals surface area contributed by atoms with E-state index in [1.807, 2.05) is 6.92 Å². The SMILES string of the molecule is CCCN=CC(=O)CC(C)O. The highest BCUT2D eigenvalue weighted by Gasteiger charge is 2.01. The molecule has 0 bridgehead atoms. The molecule has 0 fully saturated rings. The fourth-order valence-corrected chi connectivity index (χ4v) is 0.639. The average Bonchev–Trinajstić information content (AvgIpc) is 1.86. The number of rotatable bonds is 5. The lowest BCUT2D eigenvalue weighted by Gasteiger charge is -1.97. The lowest BCUT2D eigenvalue weighted by atomic mass is 10.2. The first kappa shape index (κ1) is 10.3. The molecule has 0 spiro atoms. The zero-order valence-corrected chi connectivity index (χ0v) is 7.08. The second kappa shape index (κ2) is 6.04. The number of nitrogens with zero attached hydrogens (tertiary/aromatic N) is 1. The normalized spacial score (nSPS) is 13.7. The predicted octanol–water partition coefficient (Wildman–Crippen LogP) is 0.807. The lowest BCUT2D eigenvalue weighted by molar-refractivity contribution is -0.114. The van der Waals surface area contributed by atoms with E-state index >= 15 is 0 Å². The van der Waals surface area contributed by atoms with Crippen LogP contribution in [-0.4, -0.2) is 29.8 Å². The average molecular weight is 157 g/mol. The molecule has 0 aromatic rings. The Labute approximate surface area is 67.1 Å². The van der Waals surface area contributed by atoms with Crippen LogP contribution in [0.4, 0.5) is 0 Å². The first-order valence-electron chi connectivity index (χ1n) is 3.87. The minimum Gasteiger partial charge on any atom is -0.393 e. The van der Waals surface area contributed by atoms with Crippen LogP contribution in [0.3, 0.4) is 0 Å². The van der Waals surface area contributed by atoms with Crippen LogP contribution in [0.15, 0.2) is 4.99 Å². The zero-order valence-electron chi connectivity index (χ0n) is 7.08. The Kier molecular flexibility index (Phi) is 5.65. The number of aliphatic imine (C=N–C) groups is 1. The number of carbonyl (C=O) groups excluding carboxylic acids is 1. The Hall–Kier alpha value is -0.700. The lowest BCUT2D eigenvalue weighted by Crippen LogP contribution is -2.10. The molecular formula is C8H15NO2. The summed E-state index contributed by atoms with van der Waals surface area (Å²) in [5, 5.41) is 8.80. The molecule has 3 nitrogen and oxygen atoms in total. The number of hydrogen-bond donors (Lipinski definition) is 1. The van der Waals surface area contributed by atoms with Crippen LogP contribution in [0.1, 0.15) is 26.7 Å². The van der Waals surface area contributed by atoms with E-state index in [4.69, 9.17) is 5.11 Å². The van der Waals surface area contributed by atoms with Gasteiger partial charge >= 0.3 is 0 Å². The van der Waals surface area contributed by atoms with Crippen molar-refractivity contribution < 1.29 is 9.90 Å². The van der Waals surface area contributed by atoms with Gasteiger partial charge in [0.15, 0.2) is 5.78 Å². The van der Waals surface area contributed by atoms with E-state index in [0.29, 0.717) is 6.54 Å². The van der Waals surface area contributed by atoms with E-state index < -0.39 is 6.10 Å². The van der Waals surface area contributed by atoms with Gasteiger partial charge in [-0.05, 0) is 13.3 Å². The van der Waals surface area contributed by atoms with Gasteiger partial charge in [-0.3, -0.25) is 9.79 Å². The summed E-state index contributed by atoms with van der Waals surface area (Å²) < 4.78 is 0. The molecule has 0 saturated heterocycles. The van der Waals surface area contributed by atoms with Crippen molar-refractivity contribution >= 4 is 12.0 Å². The summed E-state index contributed by atoms with van der Waals surface area (Å²) in [6, 6.07) is 0. The van der Waals surface area contributed by atoms with Gasteiger partial charge in [-0.2, -0.15) is 0 Å². The second-order valence-corrected chi connectivity index (χ2v) is 2.55. The Bertz CT molecular complexity index is 141. The summed E-state index contributed by atoms with van der Waals surface area (Å²) in [5.41, 5.74) is 0. The van der Waals surface area contributed by atoms with Crippen molar-refractivity contribution in [2.45, 2.75) is 32.8 Å². The van der Waals surface area contributed by atoms with Gasteiger partial charge < -0.3 is 5.11 Å². The fraction of sp³-hybridized carbons (Fsp3) is 0.750. The van der Waals surface area contributed by atoms with Crippen molar-refractivity contribution in [2.24, 2.45) is 4.99 Å². The van der Waals surface area contributed by atoms with Crippen molar-refractivity contribution in [3.05, 3.63) is 0 Å². The van der Waals surface area contributed by atoms with Gasteiger partial charge in [0.05, 0.1) is 12.3 Å². The third-order valence-corrected chi connectivity index (χ3v) is 1.08. The number of Topliss-reactive ketones (excluding diaryl/α,β-unsaturated/α-hetero) is 1. The summed E-state index contributed by atoms with van der Waals surface area (Å²) >= 11 is 0. The molecule has 1 atom stereocenters. The van der Waals surface area contributed by atoms with Gasteiger partial charge in [-0.15, -0.1) is 0 Å². The third-order valence-electron chi connectivity index (χ3n) is 1.08. The Morgan fingerprint density at radius 1 is 1.73 bits per heavy atom. The van der Waals surface area contributed by atoms with E-state index in [1.54, 1.807) is 6.92 Å². The largest absolute Gasteiger partial charge is 0.393 e. The molecule has 0 aliphatic heterocycles. The van der Waals surface area contributed by atoms with Gasteiger partial charge in [-0.1, -0.05) is 6.92 Å². The molecule has 1 unspecified atom stereocenters. The number of hydrogen-bond acceptors (Lipinski definition) is 3. The Balaban J connectivity index is 3.51. The van der Waals surface area contributed by atoms with Crippen LogP contribution in [0.2, 0.25) is 0 Å². The van der Waals surface area contributed by atoms with Gasteiger partial charge in [0.2, 0.25) is 0 Å². The summed E-state index contributed by atoms with van der Waals surface area (Å²) in [6.07, 6.45) is 1.86. The smallest absolute Gasteiger partial charge is 0.175 e. The maximum Gasteiger partial charge on any atom is 0.175 e.